The first-order chi connectivity index (χ1) is 17.8. The number of amides is 1. The van der Waals surface area contributed by atoms with Crippen molar-refractivity contribution in [1.29, 1.82) is 0 Å². The maximum absolute atomic E-state index is 12.7. The van der Waals surface area contributed by atoms with E-state index in [2.05, 4.69) is 10.4 Å². The topological polar surface area (TPSA) is 93.5 Å². The Kier molecular flexibility index (Phi) is 6.29. The molecule has 5 rings (SSSR count). The van der Waals surface area contributed by atoms with Gasteiger partial charge in [-0.1, -0.05) is 78.9 Å². The van der Waals surface area contributed by atoms with Crippen LogP contribution in [0.2, 0.25) is 0 Å². The molecule has 1 aliphatic carbocycles. The molecular formula is C30H29N3O4. The highest BCUT2D eigenvalue weighted by molar-refractivity contribution is 5.92. The van der Waals surface area contributed by atoms with Gasteiger partial charge in [0.25, 0.3) is 0 Å². The number of carbonyl (C=O) groups excluding carboxylic acids is 1. The number of hydrogen-bond acceptors (Lipinski definition) is 4. The van der Waals surface area contributed by atoms with Gasteiger partial charge < -0.3 is 9.84 Å². The standard InChI is InChI=1S/C30H29N3O4/c1-19-26(31-29(36)37-20(2)21-7-5-4-6-8-21)27(33(3)32-19)24-11-9-22(10-12-24)23-13-15-25(16-14-23)30(17-18-30)28(34)35/h4-16,20H,17-18H2,1-3H3,(H,31,36)(H,34,35)/t20-/m1/s1. The van der Waals surface area contributed by atoms with Crippen LogP contribution in [0, 0.1) is 6.92 Å². The van der Waals surface area contributed by atoms with Crippen molar-refractivity contribution in [2.45, 2.75) is 38.2 Å². The van der Waals surface area contributed by atoms with Crippen LogP contribution < -0.4 is 5.32 Å². The molecule has 1 aliphatic rings. The number of nitrogens with one attached hydrogen (secondary N) is 1. The second-order valence-corrected chi connectivity index (χ2v) is 9.56. The number of ether oxygens (including phenoxy) is 1. The van der Waals surface area contributed by atoms with Gasteiger partial charge in [-0.3, -0.25) is 14.8 Å². The van der Waals surface area contributed by atoms with Crippen molar-refractivity contribution in [3.8, 4) is 22.4 Å². The maximum atomic E-state index is 12.7. The molecule has 1 heterocycles. The van der Waals surface area contributed by atoms with Crippen LogP contribution >= 0.6 is 0 Å². The molecule has 0 radical (unpaired) electrons. The zero-order valence-electron chi connectivity index (χ0n) is 21.1. The van der Waals surface area contributed by atoms with E-state index in [-0.39, 0.29) is 0 Å². The van der Waals surface area contributed by atoms with E-state index in [0.717, 1.165) is 33.5 Å². The van der Waals surface area contributed by atoms with E-state index in [1.807, 2.05) is 99.8 Å². The molecule has 0 bridgehead atoms. The number of aromatic nitrogens is 2. The Balaban J connectivity index is 1.34. The van der Waals surface area contributed by atoms with Gasteiger partial charge in [-0.25, -0.2) is 4.79 Å². The molecule has 0 spiro atoms. The highest BCUT2D eigenvalue weighted by Gasteiger charge is 2.51. The average molecular weight is 496 g/mol. The quantitative estimate of drug-likeness (QED) is 0.306. The van der Waals surface area contributed by atoms with E-state index in [1.165, 1.54) is 0 Å². The lowest BCUT2D eigenvalue weighted by atomic mass is 9.93. The highest BCUT2D eigenvalue weighted by atomic mass is 16.6. The third kappa shape index (κ3) is 4.72. The molecule has 1 aromatic heterocycles. The predicted octanol–water partition coefficient (Wildman–Crippen LogP) is 6.49. The molecule has 1 saturated carbocycles. The molecule has 0 unspecified atom stereocenters. The van der Waals surface area contributed by atoms with Gasteiger partial charge in [0.05, 0.1) is 22.5 Å². The second kappa shape index (κ2) is 9.58. The molecule has 0 saturated heterocycles. The Morgan fingerprint density at radius 3 is 2.08 bits per heavy atom. The van der Waals surface area contributed by atoms with Crippen LogP contribution in [0.1, 0.15) is 42.7 Å². The molecule has 0 aliphatic heterocycles. The lowest BCUT2D eigenvalue weighted by Crippen LogP contribution is -2.19. The van der Waals surface area contributed by atoms with E-state index in [0.29, 0.717) is 24.2 Å². The third-order valence-electron chi connectivity index (χ3n) is 7.09. The van der Waals surface area contributed by atoms with Crippen LogP contribution in [-0.4, -0.2) is 26.9 Å². The summed E-state index contributed by atoms with van der Waals surface area (Å²) < 4.78 is 7.35. The summed E-state index contributed by atoms with van der Waals surface area (Å²) in [5.74, 6) is -0.751. The van der Waals surface area contributed by atoms with Gasteiger partial charge in [-0.05, 0) is 48.9 Å². The van der Waals surface area contributed by atoms with Gasteiger partial charge in [0.2, 0.25) is 0 Å². The molecule has 1 atom stereocenters. The number of carbonyl (C=O) groups is 2. The predicted molar refractivity (Wildman–Crippen MR) is 142 cm³/mol. The molecule has 1 amide bonds. The van der Waals surface area contributed by atoms with Gasteiger partial charge in [0.15, 0.2) is 0 Å². The average Bonchev–Trinajstić information content (AvgIpc) is 3.67. The zero-order valence-corrected chi connectivity index (χ0v) is 21.1. The van der Waals surface area contributed by atoms with Gasteiger partial charge in [0, 0.05) is 12.6 Å². The maximum Gasteiger partial charge on any atom is 0.412 e. The monoisotopic (exact) mass is 495 g/mol. The van der Waals surface area contributed by atoms with Crippen LogP contribution in [0.25, 0.3) is 22.4 Å². The first-order valence-electron chi connectivity index (χ1n) is 12.3. The number of nitrogens with zero attached hydrogens (tertiary/aromatic N) is 2. The van der Waals surface area contributed by atoms with Crippen LogP contribution in [-0.2, 0) is 22.0 Å². The largest absolute Gasteiger partial charge is 0.481 e. The number of aliphatic carboxylic acids is 1. The number of hydrogen-bond donors (Lipinski definition) is 2. The fraction of sp³-hybridized carbons (Fsp3) is 0.233. The summed E-state index contributed by atoms with van der Waals surface area (Å²) in [6, 6.07) is 25.4. The summed E-state index contributed by atoms with van der Waals surface area (Å²) in [6.07, 6.45) is 0.448. The molecule has 3 aromatic carbocycles. The number of carboxylic acids is 1. The van der Waals surface area contributed by atoms with Gasteiger partial charge >= 0.3 is 12.1 Å². The van der Waals surface area contributed by atoms with Crippen LogP contribution in [0.4, 0.5) is 10.5 Å². The molecule has 1 fully saturated rings. The summed E-state index contributed by atoms with van der Waals surface area (Å²) in [7, 11) is 1.84. The summed E-state index contributed by atoms with van der Waals surface area (Å²) in [5, 5.41) is 16.9. The Morgan fingerprint density at radius 2 is 1.51 bits per heavy atom. The normalized spacial score (nSPS) is 14.6. The summed E-state index contributed by atoms with van der Waals surface area (Å²) in [5.41, 5.74) is 6.06. The number of benzene rings is 3. The van der Waals surface area contributed by atoms with Crippen molar-refractivity contribution in [2.24, 2.45) is 7.05 Å². The Morgan fingerprint density at radius 1 is 0.946 bits per heavy atom. The number of aryl methyl sites for hydroxylation is 2. The smallest absolute Gasteiger partial charge is 0.412 e. The van der Waals surface area contributed by atoms with Crippen LogP contribution in [0.15, 0.2) is 78.9 Å². The molecule has 2 N–H and O–H groups in total. The van der Waals surface area contributed by atoms with Crippen molar-refractivity contribution < 1.29 is 19.4 Å². The third-order valence-corrected chi connectivity index (χ3v) is 7.09. The van der Waals surface area contributed by atoms with E-state index < -0.39 is 23.6 Å². The summed E-state index contributed by atoms with van der Waals surface area (Å²) in [4.78, 5) is 24.3. The molecule has 7 heteroatoms. The number of anilines is 1. The van der Waals surface area contributed by atoms with Crippen molar-refractivity contribution in [3.05, 3.63) is 95.7 Å². The van der Waals surface area contributed by atoms with Gasteiger partial charge in [-0.2, -0.15) is 5.10 Å². The minimum absolute atomic E-state index is 0.391. The number of rotatable bonds is 7. The first kappa shape index (κ1) is 24.3. The fourth-order valence-electron chi connectivity index (χ4n) is 4.78. The number of carboxylic acid groups (broad SMARTS) is 1. The SMILES string of the molecule is Cc1nn(C)c(-c2ccc(-c3ccc(C4(C(=O)O)CC4)cc3)cc2)c1NC(=O)O[C@H](C)c1ccccc1. The Labute approximate surface area is 215 Å². The lowest BCUT2D eigenvalue weighted by molar-refractivity contribution is -0.140. The molecular weight excluding hydrogens is 466 g/mol. The Bertz CT molecular complexity index is 1440. The van der Waals surface area contributed by atoms with E-state index in [4.69, 9.17) is 4.74 Å². The van der Waals surface area contributed by atoms with E-state index in [1.54, 1.807) is 4.68 Å². The van der Waals surface area contributed by atoms with Gasteiger partial charge in [0.1, 0.15) is 6.10 Å². The minimum atomic E-state index is -0.751. The minimum Gasteiger partial charge on any atom is -0.481 e. The van der Waals surface area contributed by atoms with Crippen LogP contribution in [0.5, 0.6) is 0 Å². The molecule has 7 nitrogen and oxygen atoms in total. The molecule has 188 valence electrons. The zero-order chi connectivity index (χ0) is 26.2. The van der Waals surface area contributed by atoms with Crippen molar-refractivity contribution in [3.63, 3.8) is 0 Å². The fourth-order valence-corrected chi connectivity index (χ4v) is 4.78. The molecule has 4 aromatic rings. The first-order valence-corrected chi connectivity index (χ1v) is 12.3. The lowest BCUT2D eigenvalue weighted by Gasteiger charge is -2.15. The van der Waals surface area contributed by atoms with Crippen molar-refractivity contribution in [1.82, 2.24) is 9.78 Å². The second-order valence-electron chi connectivity index (χ2n) is 9.56. The van der Waals surface area contributed by atoms with E-state index in [9.17, 15) is 14.7 Å². The van der Waals surface area contributed by atoms with Crippen molar-refractivity contribution in [2.75, 3.05) is 5.32 Å². The summed E-state index contributed by atoms with van der Waals surface area (Å²) in [6.45, 7) is 3.68. The Hall–Kier alpha value is -4.39. The van der Waals surface area contributed by atoms with Gasteiger partial charge in [-0.15, -0.1) is 0 Å². The molecule has 37 heavy (non-hydrogen) atoms. The van der Waals surface area contributed by atoms with Crippen molar-refractivity contribution >= 4 is 17.7 Å². The summed E-state index contributed by atoms with van der Waals surface area (Å²) >= 11 is 0. The van der Waals surface area contributed by atoms with E-state index >= 15 is 0 Å². The highest BCUT2D eigenvalue weighted by Crippen LogP contribution is 2.48. The van der Waals surface area contributed by atoms with Crippen LogP contribution in [0.3, 0.4) is 0 Å².